The summed E-state index contributed by atoms with van der Waals surface area (Å²) in [5.74, 6) is 1.82. The highest BCUT2D eigenvalue weighted by Gasteiger charge is 2.26. The summed E-state index contributed by atoms with van der Waals surface area (Å²) in [6, 6.07) is 10.8. The molecule has 1 unspecified atom stereocenters. The summed E-state index contributed by atoms with van der Waals surface area (Å²) in [5.41, 5.74) is 1.43. The fourth-order valence-electron chi connectivity index (χ4n) is 3.96. The van der Waals surface area contributed by atoms with Crippen LogP contribution >= 0.6 is 0 Å². The maximum absolute atomic E-state index is 11.4. The van der Waals surface area contributed by atoms with Gasteiger partial charge in [0, 0.05) is 65.2 Å². The zero-order valence-electron chi connectivity index (χ0n) is 16.7. The maximum Gasteiger partial charge on any atom is 0.219 e. The van der Waals surface area contributed by atoms with Crippen molar-refractivity contribution < 1.29 is 4.79 Å². The van der Waals surface area contributed by atoms with Crippen LogP contribution in [0.4, 0.5) is 0 Å². The van der Waals surface area contributed by atoms with Crippen LogP contribution in [0.5, 0.6) is 0 Å². The van der Waals surface area contributed by atoms with Gasteiger partial charge in [-0.3, -0.25) is 14.7 Å². The highest BCUT2D eigenvalue weighted by Crippen LogP contribution is 2.26. The minimum absolute atomic E-state index is 0.184. The van der Waals surface area contributed by atoms with Gasteiger partial charge in [-0.05, 0) is 18.9 Å². The molecule has 1 aromatic carbocycles. The molecule has 0 aliphatic carbocycles. The third-order valence-corrected chi connectivity index (χ3v) is 5.59. The van der Waals surface area contributed by atoms with Gasteiger partial charge in [-0.2, -0.15) is 0 Å². The standard InChI is InChI=1S/C21H33N5O/c1-3-22-21(23-10-12-24-13-15-25(16-14-24)18(2)27)26-11-9-20(17-26)19-7-5-4-6-8-19/h4-8,20H,3,9-17H2,1-2H3,(H,22,23). The molecule has 2 heterocycles. The van der Waals surface area contributed by atoms with E-state index in [1.54, 1.807) is 6.92 Å². The van der Waals surface area contributed by atoms with Crippen LogP contribution in [0.3, 0.4) is 0 Å². The molecular formula is C21H33N5O. The quantitative estimate of drug-likeness (QED) is 0.631. The molecule has 27 heavy (non-hydrogen) atoms. The Balaban J connectivity index is 1.49. The van der Waals surface area contributed by atoms with Crippen molar-refractivity contribution in [3.8, 4) is 0 Å². The van der Waals surface area contributed by atoms with E-state index < -0.39 is 0 Å². The van der Waals surface area contributed by atoms with E-state index in [1.165, 1.54) is 12.0 Å². The summed E-state index contributed by atoms with van der Waals surface area (Å²) in [6.45, 7) is 12.1. The van der Waals surface area contributed by atoms with Crippen LogP contribution in [0.25, 0.3) is 0 Å². The highest BCUT2D eigenvalue weighted by atomic mass is 16.2. The molecule has 2 aliphatic rings. The van der Waals surface area contributed by atoms with E-state index in [2.05, 4.69) is 52.4 Å². The fraction of sp³-hybridized carbons (Fsp3) is 0.619. The largest absolute Gasteiger partial charge is 0.357 e. The number of amides is 1. The SMILES string of the molecule is CCNC(=NCCN1CCN(C(C)=O)CC1)N1CCC(c2ccccc2)C1. The van der Waals surface area contributed by atoms with Crippen molar-refractivity contribution in [2.24, 2.45) is 4.99 Å². The molecule has 1 amide bonds. The number of nitrogens with zero attached hydrogens (tertiary/aromatic N) is 4. The summed E-state index contributed by atoms with van der Waals surface area (Å²) in [7, 11) is 0. The number of likely N-dealkylation sites (tertiary alicyclic amines) is 1. The first-order chi connectivity index (χ1) is 13.2. The van der Waals surface area contributed by atoms with Crippen molar-refractivity contribution in [1.29, 1.82) is 0 Å². The lowest BCUT2D eigenvalue weighted by Gasteiger charge is -2.33. The number of guanidine groups is 1. The number of carbonyl (C=O) groups excluding carboxylic acids is 1. The second kappa shape index (κ2) is 9.74. The van der Waals surface area contributed by atoms with Crippen molar-refractivity contribution in [2.45, 2.75) is 26.2 Å². The van der Waals surface area contributed by atoms with Gasteiger partial charge >= 0.3 is 0 Å². The number of benzene rings is 1. The number of hydrogen-bond donors (Lipinski definition) is 1. The Morgan fingerprint density at radius 3 is 2.52 bits per heavy atom. The first-order valence-electron chi connectivity index (χ1n) is 10.2. The predicted octanol–water partition coefficient (Wildman–Crippen LogP) is 1.61. The minimum Gasteiger partial charge on any atom is -0.357 e. The van der Waals surface area contributed by atoms with Crippen molar-refractivity contribution in [3.63, 3.8) is 0 Å². The molecule has 148 valence electrons. The first kappa shape index (κ1) is 19.7. The lowest BCUT2D eigenvalue weighted by atomic mass is 9.99. The van der Waals surface area contributed by atoms with Gasteiger partial charge in [0.15, 0.2) is 5.96 Å². The van der Waals surface area contributed by atoms with Crippen molar-refractivity contribution >= 4 is 11.9 Å². The van der Waals surface area contributed by atoms with Gasteiger partial charge in [0.1, 0.15) is 0 Å². The third-order valence-electron chi connectivity index (χ3n) is 5.59. The smallest absolute Gasteiger partial charge is 0.219 e. The van der Waals surface area contributed by atoms with Gasteiger partial charge in [-0.25, -0.2) is 0 Å². The van der Waals surface area contributed by atoms with Crippen LogP contribution in [0, 0.1) is 0 Å². The van der Waals surface area contributed by atoms with E-state index in [0.29, 0.717) is 5.92 Å². The Hall–Kier alpha value is -2.08. The second-order valence-electron chi connectivity index (χ2n) is 7.43. The number of piperazine rings is 1. The average Bonchev–Trinajstić information content (AvgIpc) is 3.18. The second-order valence-corrected chi connectivity index (χ2v) is 7.43. The molecule has 0 saturated carbocycles. The van der Waals surface area contributed by atoms with Crippen LogP contribution in [-0.2, 0) is 4.79 Å². The zero-order chi connectivity index (χ0) is 19.1. The Kier molecular flexibility index (Phi) is 7.10. The Labute approximate surface area is 163 Å². The molecule has 3 rings (SSSR count). The van der Waals surface area contributed by atoms with Crippen molar-refractivity contribution in [3.05, 3.63) is 35.9 Å². The van der Waals surface area contributed by atoms with E-state index in [9.17, 15) is 4.79 Å². The molecule has 0 bridgehead atoms. The monoisotopic (exact) mass is 371 g/mol. The van der Waals surface area contributed by atoms with Gasteiger partial charge < -0.3 is 15.1 Å². The number of hydrogen-bond acceptors (Lipinski definition) is 3. The summed E-state index contributed by atoms with van der Waals surface area (Å²) >= 11 is 0. The molecule has 0 aromatic heterocycles. The molecule has 0 radical (unpaired) electrons. The topological polar surface area (TPSA) is 51.2 Å². The Morgan fingerprint density at radius 2 is 1.85 bits per heavy atom. The van der Waals surface area contributed by atoms with Gasteiger partial charge in [0.25, 0.3) is 0 Å². The molecule has 1 atom stereocenters. The van der Waals surface area contributed by atoms with Crippen LogP contribution in [-0.4, -0.2) is 85.5 Å². The van der Waals surface area contributed by atoms with Gasteiger partial charge in [0.05, 0.1) is 6.54 Å². The molecular weight excluding hydrogens is 338 g/mol. The number of carbonyl (C=O) groups is 1. The predicted molar refractivity (Wildman–Crippen MR) is 110 cm³/mol. The van der Waals surface area contributed by atoms with Crippen LogP contribution in [0.2, 0.25) is 0 Å². The van der Waals surface area contributed by atoms with E-state index in [1.807, 2.05) is 4.90 Å². The molecule has 2 saturated heterocycles. The third kappa shape index (κ3) is 5.45. The summed E-state index contributed by atoms with van der Waals surface area (Å²) in [6.07, 6.45) is 1.18. The number of aliphatic imine (C=N–C) groups is 1. The number of nitrogens with one attached hydrogen (secondary N) is 1. The van der Waals surface area contributed by atoms with Crippen molar-refractivity contribution in [1.82, 2.24) is 20.0 Å². The molecule has 0 spiro atoms. The highest BCUT2D eigenvalue weighted by molar-refractivity contribution is 5.80. The van der Waals surface area contributed by atoms with Gasteiger partial charge in [0.2, 0.25) is 5.91 Å². The zero-order valence-corrected chi connectivity index (χ0v) is 16.7. The Bertz CT molecular complexity index is 625. The lowest BCUT2D eigenvalue weighted by Crippen LogP contribution is -2.48. The summed E-state index contributed by atoms with van der Waals surface area (Å²) < 4.78 is 0. The van der Waals surface area contributed by atoms with Gasteiger partial charge in [-0.1, -0.05) is 30.3 Å². The summed E-state index contributed by atoms with van der Waals surface area (Å²) in [4.78, 5) is 23.0. The molecule has 6 nitrogen and oxygen atoms in total. The minimum atomic E-state index is 0.184. The van der Waals surface area contributed by atoms with Crippen LogP contribution in [0.1, 0.15) is 31.7 Å². The van der Waals surface area contributed by atoms with Crippen LogP contribution < -0.4 is 5.32 Å². The van der Waals surface area contributed by atoms with Crippen LogP contribution in [0.15, 0.2) is 35.3 Å². The van der Waals surface area contributed by atoms with E-state index in [4.69, 9.17) is 4.99 Å². The first-order valence-corrected chi connectivity index (χ1v) is 10.2. The maximum atomic E-state index is 11.4. The molecule has 2 aliphatic heterocycles. The number of rotatable bonds is 5. The molecule has 2 fully saturated rings. The Morgan fingerprint density at radius 1 is 1.11 bits per heavy atom. The van der Waals surface area contributed by atoms with Gasteiger partial charge in [-0.15, -0.1) is 0 Å². The van der Waals surface area contributed by atoms with E-state index in [-0.39, 0.29) is 5.91 Å². The lowest BCUT2D eigenvalue weighted by molar-refractivity contribution is -0.130. The van der Waals surface area contributed by atoms with E-state index >= 15 is 0 Å². The normalized spacial score (nSPS) is 21.6. The van der Waals surface area contributed by atoms with E-state index in [0.717, 1.165) is 64.9 Å². The van der Waals surface area contributed by atoms with Crippen molar-refractivity contribution in [2.75, 3.05) is 58.9 Å². The molecule has 1 N–H and O–H groups in total. The fourth-order valence-corrected chi connectivity index (χ4v) is 3.96. The molecule has 6 heteroatoms. The molecule has 1 aromatic rings. The average molecular weight is 372 g/mol. The summed E-state index contributed by atoms with van der Waals surface area (Å²) in [5, 5.41) is 3.46.